The van der Waals surface area contributed by atoms with Gasteiger partial charge in [-0.1, -0.05) is 24.3 Å². The van der Waals surface area contributed by atoms with Crippen molar-refractivity contribution >= 4 is 23.3 Å². The van der Waals surface area contributed by atoms with Crippen molar-refractivity contribution in [3.63, 3.8) is 0 Å². The molecule has 4 atom stereocenters. The largest absolute Gasteiger partial charge is 0.355 e. The molecule has 4 heterocycles. The van der Waals surface area contributed by atoms with Crippen LogP contribution in [0.2, 0.25) is 0 Å². The van der Waals surface area contributed by atoms with Crippen LogP contribution in [0.1, 0.15) is 25.7 Å². The third kappa shape index (κ3) is 4.57. The van der Waals surface area contributed by atoms with E-state index in [0.717, 1.165) is 32.4 Å². The van der Waals surface area contributed by atoms with Crippen LogP contribution in [0.3, 0.4) is 0 Å². The fraction of sp³-hybridized carbons (Fsp3) is 0.667. The summed E-state index contributed by atoms with van der Waals surface area (Å²) >= 11 is 1.76. The van der Waals surface area contributed by atoms with Crippen molar-refractivity contribution in [1.29, 1.82) is 0 Å². The third-order valence-electron chi connectivity index (χ3n) is 4.89. The average molecular weight is 350 g/mol. The van der Waals surface area contributed by atoms with Crippen molar-refractivity contribution in [3.05, 3.63) is 24.3 Å². The van der Waals surface area contributed by atoms with Crippen LogP contribution in [0.5, 0.6) is 0 Å². The van der Waals surface area contributed by atoms with Crippen molar-refractivity contribution in [1.82, 2.24) is 10.6 Å². The second-order valence-corrected chi connectivity index (χ2v) is 8.27. The molecule has 0 spiro atoms. The van der Waals surface area contributed by atoms with E-state index >= 15 is 0 Å². The number of fused-ring (bicyclic) bond motifs is 2. The minimum atomic E-state index is 0.0909. The summed E-state index contributed by atoms with van der Waals surface area (Å²) in [7, 11) is 0. The molecular formula is C18H26N2O3S. The van der Waals surface area contributed by atoms with E-state index in [0.29, 0.717) is 35.2 Å². The predicted molar refractivity (Wildman–Crippen MR) is 95.7 cm³/mol. The van der Waals surface area contributed by atoms with Gasteiger partial charge in [0.1, 0.15) is 18.6 Å². The molecule has 24 heavy (non-hydrogen) atoms. The second kappa shape index (κ2) is 7.95. The highest BCUT2D eigenvalue weighted by atomic mass is 32.2. The van der Waals surface area contributed by atoms with E-state index in [9.17, 15) is 9.59 Å². The van der Waals surface area contributed by atoms with E-state index in [1.54, 1.807) is 11.8 Å². The van der Waals surface area contributed by atoms with E-state index in [2.05, 4.69) is 23.8 Å². The van der Waals surface area contributed by atoms with Crippen molar-refractivity contribution < 1.29 is 14.3 Å². The molecule has 0 saturated carbocycles. The maximum atomic E-state index is 11.1. The molecule has 4 unspecified atom stereocenters. The van der Waals surface area contributed by atoms with Gasteiger partial charge in [-0.2, -0.15) is 0 Å². The van der Waals surface area contributed by atoms with Crippen molar-refractivity contribution in [3.8, 4) is 0 Å². The van der Waals surface area contributed by atoms with Crippen LogP contribution in [0.4, 0.5) is 0 Å². The second-order valence-electron chi connectivity index (χ2n) is 7.14. The maximum absolute atomic E-state index is 11.1. The number of rotatable bonds is 0. The Morgan fingerprint density at radius 2 is 1.58 bits per heavy atom. The molecule has 2 N–H and O–H groups in total. The number of hydrogen-bond donors (Lipinski definition) is 2. The molecule has 0 aromatic rings. The molecule has 4 rings (SSSR count). The van der Waals surface area contributed by atoms with Gasteiger partial charge >= 0.3 is 0 Å². The molecule has 0 radical (unpaired) electrons. The van der Waals surface area contributed by atoms with Gasteiger partial charge in [0, 0.05) is 31.8 Å². The molecule has 4 aliphatic rings. The Morgan fingerprint density at radius 3 is 2.38 bits per heavy atom. The number of ether oxygens (including phenoxy) is 1. The standard InChI is InChI=1S/C9H13NO2.C9H13NOS/c2*1-6-2-7-3-8(11)5-12-9(7)10-4-6/h2*7,9-10H,1-5H2. The summed E-state index contributed by atoms with van der Waals surface area (Å²) in [5.74, 6) is 2.15. The lowest BCUT2D eigenvalue weighted by Crippen LogP contribution is -2.48. The quantitative estimate of drug-likeness (QED) is 0.648. The summed E-state index contributed by atoms with van der Waals surface area (Å²) in [5.41, 5.74) is 2.42. The topological polar surface area (TPSA) is 67.4 Å². The SMILES string of the molecule is C=C1CNC2OCC(=O)CC2C1.C=C1CNC2SCC(=O)CC2C1. The number of ketones is 2. The zero-order chi connectivity index (χ0) is 17.1. The van der Waals surface area contributed by atoms with Gasteiger partial charge in [-0.3, -0.25) is 14.9 Å². The summed E-state index contributed by atoms with van der Waals surface area (Å²) < 4.78 is 5.34. The van der Waals surface area contributed by atoms with Crippen LogP contribution in [-0.2, 0) is 14.3 Å². The molecule has 4 saturated heterocycles. The van der Waals surface area contributed by atoms with Crippen molar-refractivity contribution in [2.75, 3.05) is 25.4 Å². The van der Waals surface area contributed by atoms with Crippen LogP contribution in [0.25, 0.3) is 0 Å². The van der Waals surface area contributed by atoms with Gasteiger partial charge in [0.15, 0.2) is 5.78 Å². The first-order valence-corrected chi connectivity index (χ1v) is 9.63. The normalized spacial score (nSPS) is 36.3. The summed E-state index contributed by atoms with van der Waals surface area (Å²) in [6, 6.07) is 0. The maximum Gasteiger partial charge on any atom is 0.158 e. The molecule has 0 aromatic heterocycles. The summed E-state index contributed by atoms with van der Waals surface area (Å²) in [6.07, 6.45) is 3.47. The Labute approximate surface area is 147 Å². The van der Waals surface area contributed by atoms with E-state index in [-0.39, 0.29) is 18.6 Å². The third-order valence-corrected chi connectivity index (χ3v) is 6.29. The smallest absolute Gasteiger partial charge is 0.158 e. The van der Waals surface area contributed by atoms with Gasteiger partial charge in [0.05, 0.1) is 11.1 Å². The minimum Gasteiger partial charge on any atom is -0.355 e. The minimum absolute atomic E-state index is 0.0909. The number of carbonyl (C=O) groups is 2. The Morgan fingerprint density at radius 1 is 0.917 bits per heavy atom. The zero-order valence-electron chi connectivity index (χ0n) is 14.0. The molecule has 6 heteroatoms. The number of piperidine rings is 2. The van der Waals surface area contributed by atoms with Gasteiger partial charge in [-0.15, -0.1) is 11.8 Å². The van der Waals surface area contributed by atoms with E-state index in [4.69, 9.17) is 4.74 Å². The van der Waals surface area contributed by atoms with E-state index < -0.39 is 0 Å². The molecule has 0 aliphatic carbocycles. The number of thioether (sulfide) groups is 1. The van der Waals surface area contributed by atoms with Crippen LogP contribution in [-0.4, -0.2) is 48.6 Å². The number of nitrogens with one attached hydrogen (secondary N) is 2. The van der Waals surface area contributed by atoms with Crippen LogP contribution >= 0.6 is 11.8 Å². The Balaban J connectivity index is 0.000000141. The molecule has 0 bridgehead atoms. The zero-order valence-corrected chi connectivity index (χ0v) is 14.8. The Bertz CT molecular complexity index is 456. The van der Waals surface area contributed by atoms with E-state index in [1.165, 1.54) is 11.1 Å². The Kier molecular flexibility index (Phi) is 5.92. The fourth-order valence-corrected chi connectivity index (χ4v) is 4.89. The first kappa shape index (κ1) is 17.9. The highest BCUT2D eigenvalue weighted by molar-refractivity contribution is 8.00. The lowest BCUT2D eigenvalue weighted by atomic mass is 9.88. The summed E-state index contributed by atoms with van der Waals surface area (Å²) in [5, 5.41) is 7.13. The molecule has 4 aliphatic heterocycles. The number of carbonyl (C=O) groups excluding carboxylic acids is 2. The first-order valence-electron chi connectivity index (χ1n) is 8.58. The van der Waals surface area contributed by atoms with Gasteiger partial charge in [0.25, 0.3) is 0 Å². The van der Waals surface area contributed by atoms with Gasteiger partial charge in [-0.25, -0.2) is 0 Å². The molecule has 4 fully saturated rings. The Hall–Kier alpha value is -0.950. The monoisotopic (exact) mass is 350 g/mol. The molecular weight excluding hydrogens is 324 g/mol. The van der Waals surface area contributed by atoms with Crippen LogP contribution in [0, 0.1) is 11.8 Å². The first-order chi connectivity index (χ1) is 11.5. The van der Waals surface area contributed by atoms with Crippen LogP contribution in [0.15, 0.2) is 24.3 Å². The fourth-order valence-electron chi connectivity index (χ4n) is 3.74. The molecule has 5 nitrogen and oxygen atoms in total. The summed E-state index contributed by atoms with van der Waals surface area (Å²) in [4.78, 5) is 22.2. The van der Waals surface area contributed by atoms with Gasteiger partial charge in [0.2, 0.25) is 0 Å². The summed E-state index contributed by atoms with van der Waals surface area (Å²) in [6.45, 7) is 9.89. The average Bonchev–Trinajstić information content (AvgIpc) is 2.54. The lowest BCUT2D eigenvalue weighted by Gasteiger charge is -2.36. The molecule has 132 valence electrons. The lowest BCUT2D eigenvalue weighted by molar-refractivity contribution is -0.139. The van der Waals surface area contributed by atoms with Crippen LogP contribution < -0.4 is 10.6 Å². The predicted octanol–water partition coefficient (Wildman–Crippen LogP) is 1.65. The van der Waals surface area contributed by atoms with Crippen molar-refractivity contribution in [2.45, 2.75) is 37.3 Å². The van der Waals surface area contributed by atoms with Gasteiger partial charge in [-0.05, 0) is 18.8 Å². The highest BCUT2D eigenvalue weighted by Crippen LogP contribution is 2.33. The van der Waals surface area contributed by atoms with Gasteiger partial charge < -0.3 is 10.1 Å². The van der Waals surface area contributed by atoms with Crippen molar-refractivity contribution in [2.24, 2.45) is 11.8 Å². The molecule has 0 aromatic carbocycles. The number of hydrogen-bond acceptors (Lipinski definition) is 6. The number of Topliss-reactive ketones (excluding diaryl/α,β-unsaturated/α-hetero) is 2. The van der Waals surface area contributed by atoms with E-state index in [1.807, 2.05) is 0 Å². The highest BCUT2D eigenvalue weighted by Gasteiger charge is 2.33. The molecule has 0 amide bonds.